The van der Waals surface area contributed by atoms with E-state index in [0.717, 1.165) is 0 Å². The van der Waals surface area contributed by atoms with Crippen molar-refractivity contribution in [3.8, 4) is 0 Å². The van der Waals surface area contributed by atoms with Crippen molar-refractivity contribution in [3.63, 3.8) is 0 Å². The maximum Gasteiger partial charge on any atom is 0.227 e. The number of hydrogen-bond donors (Lipinski definition) is 1. The van der Waals surface area contributed by atoms with Crippen molar-refractivity contribution >= 4 is 11.8 Å². The molecule has 1 fully saturated rings. The highest BCUT2D eigenvalue weighted by Gasteiger charge is 2.37. The summed E-state index contributed by atoms with van der Waals surface area (Å²) in [5.41, 5.74) is -0.139. The van der Waals surface area contributed by atoms with Gasteiger partial charge in [-0.05, 0) is 11.3 Å². The highest BCUT2D eigenvalue weighted by Crippen LogP contribution is 2.36. The SMILES string of the molecule is CC(C)C1(C)CC(=O)NC(=O)C1. The highest BCUT2D eigenvalue weighted by atomic mass is 16.2. The Morgan fingerprint density at radius 2 is 1.67 bits per heavy atom. The summed E-state index contributed by atoms with van der Waals surface area (Å²) in [4.78, 5) is 22.1. The molecule has 0 unspecified atom stereocenters. The van der Waals surface area contributed by atoms with E-state index in [-0.39, 0.29) is 17.2 Å². The molecule has 1 heterocycles. The molecule has 68 valence electrons. The summed E-state index contributed by atoms with van der Waals surface area (Å²) in [6.07, 6.45) is 0.937. The van der Waals surface area contributed by atoms with Gasteiger partial charge in [0.2, 0.25) is 11.8 Å². The summed E-state index contributed by atoms with van der Waals surface area (Å²) >= 11 is 0. The van der Waals surface area contributed by atoms with Gasteiger partial charge >= 0.3 is 0 Å². The Balaban J connectivity index is 2.78. The van der Waals surface area contributed by atoms with Crippen molar-refractivity contribution in [1.29, 1.82) is 0 Å². The van der Waals surface area contributed by atoms with E-state index < -0.39 is 0 Å². The average molecular weight is 169 g/mol. The molecular formula is C9H15NO2. The molecule has 0 radical (unpaired) electrons. The first-order chi connectivity index (χ1) is 5.44. The molecule has 0 aliphatic carbocycles. The molecule has 1 N–H and O–H groups in total. The molecule has 0 aromatic carbocycles. The number of nitrogens with one attached hydrogen (secondary N) is 1. The summed E-state index contributed by atoms with van der Waals surface area (Å²) in [6, 6.07) is 0. The van der Waals surface area contributed by atoms with E-state index in [0.29, 0.717) is 18.8 Å². The molecule has 0 aromatic rings. The van der Waals surface area contributed by atoms with E-state index >= 15 is 0 Å². The quantitative estimate of drug-likeness (QED) is 0.597. The van der Waals surface area contributed by atoms with Crippen molar-refractivity contribution in [2.75, 3.05) is 0 Å². The van der Waals surface area contributed by atoms with Crippen LogP contribution in [0.15, 0.2) is 0 Å². The third-order valence-corrected chi connectivity index (χ3v) is 2.80. The molecule has 3 nitrogen and oxygen atoms in total. The standard InChI is InChI=1S/C9H15NO2/c1-6(2)9(3)4-7(11)10-8(12)5-9/h6H,4-5H2,1-3H3,(H,10,11,12). The van der Waals surface area contributed by atoms with Crippen LogP contribution >= 0.6 is 0 Å². The van der Waals surface area contributed by atoms with Crippen molar-refractivity contribution < 1.29 is 9.59 Å². The summed E-state index contributed by atoms with van der Waals surface area (Å²) in [6.45, 7) is 6.09. The van der Waals surface area contributed by atoms with Gasteiger partial charge in [-0.2, -0.15) is 0 Å². The smallest absolute Gasteiger partial charge is 0.227 e. The molecule has 1 rings (SSSR count). The zero-order chi connectivity index (χ0) is 9.35. The minimum Gasteiger partial charge on any atom is -0.296 e. The van der Waals surface area contributed by atoms with Crippen molar-refractivity contribution in [3.05, 3.63) is 0 Å². The van der Waals surface area contributed by atoms with Gasteiger partial charge in [-0.3, -0.25) is 14.9 Å². The van der Waals surface area contributed by atoms with Crippen LogP contribution in [0.2, 0.25) is 0 Å². The molecular weight excluding hydrogens is 154 g/mol. The first-order valence-corrected chi connectivity index (χ1v) is 4.27. The number of piperidine rings is 1. The van der Waals surface area contributed by atoms with Crippen LogP contribution in [0.3, 0.4) is 0 Å². The minimum atomic E-state index is -0.139. The molecule has 0 bridgehead atoms. The third kappa shape index (κ3) is 1.65. The summed E-state index contributed by atoms with van der Waals surface area (Å²) in [7, 11) is 0. The predicted octanol–water partition coefficient (Wildman–Crippen LogP) is 1.09. The maximum absolute atomic E-state index is 11.1. The lowest BCUT2D eigenvalue weighted by Gasteiger charge is -2.35. The molecule has 1 saturated heterocycles. The summed E-state index contributed by atoms with van der Waals surface area (Å²) < 4.78 is 0. The third-order valence-electron chi connectivity index (χ3n) is 2.80. The molecule has 0 saturated carbocycles. The highest BCUT2D eigenvalue weighted by molar-refractivity contribution is 5.98. The van der Waals surface area contributed by atoms with Crippen LogP contribution in [0.25, 0.3) is 0 Å². The van der Waals surface area contributed by atoms with Crippen LogP contribution in [-0.2, 0) is 9.59 Å². The van der Waals surface area contributed by atoms with Crippen LogP contribution < -0.4 is 5.32 Å². The lowest BCUT2D eigenvalue weighted by molar-refractivity contribution is -0.138. The molecule has 0 aromatic heterocycles. The van der Waals surface area contributed by atoms with Crippen LogP contribution in [0, 0.1) is 11.3 Å². The second-order valence-corrected chi connectivity index (χ2v) is 4.13. The summed E-state index contributed by atoms with van der Waals surface area (Å²) in [5.74, 6) is 0.0948. The first-order valence-electron chi connectivity index (χ1n) is 4.27. The van der Waals surface area contributed by atoms with Gasteiger partial charge in [0.25, 0.3) is 0 Å². The van der Waals surface area contributed by atoms with Crippen LogP contribution in [-0.4, -0.2) is 11.8 Å². The largest absolute Gasteiger partial charge is 0.296 e. The number of imide groups is 1. The second kappa shape index (κ2) is 2.88. The van der Waals surface area contributed by atoms with Crippen LogP contribution in [0.1, 0.15) is 33.6 Å². The molecule has 0 spiro atoms. The van der Waals surface area contributed by atoms with Gasteiger partial charge in [-0.1, -0.05) is 20.8 Å². The van der Waals surface area contributed by atoms with E-state index in [4.69, 9.17) is 0 Å². The van der Waals surface area contributed by atoms with Gasteiger partial charge in [0, 0.05) is 12.8 Å². The monoisotopic (exact) mass is 169 g/mol. The number of carbonyl (C=O) groups excluding carboxylic acids is 2. The van der Waals surface area contributed by atoms with Gasteiger partial charge < -0.3 is 0 Å². The zero-order valence-corrected chi connectivity index (χ0v) is 7.81. The van der Waals surface area contributed by atoms with Crippen molar-refractivity contribution in [2.24, 2.45) is 11.3 Å². The maximum atomic E-state index is 11.1. The van der Waals surface area contributed by atoms with E-state index in [1.54, 1.807) is 0 Å². The fourth-order valence-electron chi connectivity index (χ4n) is 1.45. The Kier molecular flexibility index (Phi) is 2.22. The Morgan fingerprint density at radius 1 is 1.25 bits per heavy atom. The fraction of sp³-hybridized carbons (Fsp3) is 0.778. The topological polar surface area (TPSA) is 46.2 Å². The first kappa shape index (κ1) is 9.23. The van der Waals surface area contributed by atoms with E-state index in [2.05, 4.69) is 5.32 Å². The molecule has 0 atom stereocenters. The van der Waals surface area contributed by atoms with Gasteiger partial charge in [0.15, 0.2) is 0 Å². The molecule has 1 aliphatic heterocycles. The van der Waals surface area contributed by atoms with Gasteiger partial charge in [0.1, 0.15) is 0 Å². The number of hydrogen-bond acceptors (Lipinski definition) is 2. The zero-order valence-electron chi connectivity index (χ0n) is 7.81. The predicted molar refractivity (Wildman–Crippen MR) is 45.3 cm³/mol. The second-order valence-electron chi connectivity index (χ2n) is 4.13. The number of carbonyl (C=O) groups is 2. The molecule has 12 heavy (non-hydrogen) atoms. The van der Waals surface area contributed by atoms with Crippen LogP contribution in [0.4, 0.5) is 0 Å². The van der Waals surface area contributed by atoms with Gasteiger partial charge in [-0.25, -0.2) is 0 Å². The fourth-order valence-corrected chi connectivity index (χ4v) is 1.45. The van der Waals surface area contributed by atoms with E-state index in [9.17, 15) is 9.59 Å². The number of amides is 2. The van der Waals surface area contributed by atoms with E-state index in [1.807, 2.05) is 20.8 Å². The van der Waals surface area contributed by atoms with Gasteiger partial charge in [0.05, 0.1) is 0 Å². The van der Waals surface area contributed by atoms with Crippen LogP contribution in [0.5, 0.6) is 0 Å². The Hall–Kier alpha value is -0.860. The van der Waals surface area contributed by atoms with Gasteiger partial charge in [-0.15, -0.1) is 0 Å². The average Bonchev–Trinajstić information content (AvgIpc) is 1.82. The lowest BCUT2D eigenvalue weighted by atomic mass is 9.72. The Morgan fingerprint density at radius 3 is 2.00 bits per heavy atom. The van der Waals surface area contributed by atoms with Crippen molar-refractivity contribution in [1.82, 2.24) is 5.32 Å². The molecule has 2 amide bonds. The molecule has 1 aliphatic rings. The van der Waals surface area contributed by atoms with E-state index in [1.165, 1.54) is 0 Å². The normalized spacial score (nSPS) is 22.7. The Bertz CT molecular complexity index is 205. The minimum absolute atomic E-state index is 0.137. The molecule has 3 heteroatoms. The number of rotatable bonds is 1. The summed E-state index contributed by atoms with van der Waals surface area (Å²) in [5, 5.41) is 2.31. The lowest BCUT2D eigenvalue weighted by Crippen LogP contribution is -2.45. The Labute approximate surface area is 72.5 Å². The van der Waals surface area contributed by atoms with Crippen molar-refractivity contribution in [2.45, 2.75) is 33.6 Å².